The number of nitrogens with one attached hydrogen (secondary N) is 1. The summed E-state index contributed by atoms with van der Waals surface area (Å²) in [5.41, 5.74) is -0.957. The molecule has 0 saturated heterocycles. The van der Waals surface area contributed by atoms with Crippen LogP contribution in [0.2, 0.25) is 0 Å². The second-order valence-electron chi connectivity index (χ2n) is 6.21. The van der Waals surface area contributed by atoms with Crippen molar-refractivity contribution in [2.24, 2.45) is 0 Å². The molecule has 0 radical (unpaired) electrons. The van der Waals surface area contributed by atoms with Crippen molar-refractivity contribution in [3.05, 3.63) is 12.7 Å². The predicted molar refractivity (Wildman–Crippen MR) is 91.5 cm³/mol. The molecule has 132 valence electrons. The van der Waals surface area contributed by atoms with Crippen molar-refractivity contribution < 1.29 is 48.7 Å². The Balaban J connectivity index is -0.00000220. The maximum atomic E-state index is 11.4. The van der Waals surface area contributed by atoms with Crippen LogP contribution >= 0.6 is 0 Å². The van der Waals surface area contributed by atoms with Gasteiger partial charge in [0.05, 0.1) is 11.3 Å². The Morgan fingerprint density at radius 3 is 2.09 bits per heavy atom. The summed E-state index contributed by atoms with van der Waals surface area (Å²) in [5.74, 6) is -0.901. The molecule has 0 rings (SSSR count). The largest absolute Gasteiger partial charge is 1.00 e. The fraction of sp³-hybridized carbons (Fsp3) is 0.812. The van der Waals surface area contributed by atoms with Gasteiger partial charge >= 0.3 is 29.6 Å². The van der Waals surface area contributed by atoms with Crippen molar-refractivity contribution >= 4 is 16.0 Å². The SMILES string of the molecule is C=CC(=O)NC(C)(CCCCCCCCCC)CS(=O)(=O)O.[H-].[Na+]. The van der Waals surface area contributed by atoms with Gasteiger partial charge in [0.25, 0.3) is 10.1 Å². The Kier molecular flexibility index (Phi) is 14.8. The molecule has 0 bridgehead atoms. The third-order valence-corrected chi connectivity index (χ3v) is 4.70. The number of hydrogen-bond acceptors (Lipinski definition) is 3. The molecule has 7 heteroatoms. The molecule has 1 unspecified atom stereocenters. The van der Waals surface area contributed by atoms with E-state index in [1.54, 1.807) is 6.92 Å². The van der Waals surface area contributed by atoms with Gasteiger partial charge in [-0.25, -0.2) is 0 Å². The van der Waals surface area contributed by atoms with Gasteiger partial charge in [-0.1, -0.05) is 64.9 Å². The monoisotopic (exact) mass is 357 g/mol. The molecule has 0 fully saturated rings. The standard InChI is InChI=1S/C16H31NO4S.Na.H/c1-4-6-7-8-9-10-11-12-13-16(3,14-22(19,20)21)17-15(18)5-2;;/h5H,2,4,6-14H2,1,3H3,(H,17,18)(H,19,20,21);;/q;+1;-1. The van der Waals surface area contributed by atoms with Gasteiger partial charge in [-0.2, -0.15) is 8.42 Å². The average molecular weight is 357 g/mol. The fourth-order valence-electron chi connectivity index (χ4n) is 2.57. The minimum atomic E-state index is -4.14. The van der Waals surface area contributed by atoms with Crippen molar-refractivity contribution in [2.45, 2.75) is 77.2 Å². The number of hydrogen-bond donors (Lipinski definition) is 2. The van der Waals surface area contributed by atoms with E-state index < -0.39 is 27.3 Å². The van der Waals surface area contributed by atoms with Crippen LogP contribution in [-0.4, -0.2) is 30.2 Å². The molecule has 0 aromatic carbocycles. The van der Waals surface area contributed by atoms with Crippen LogP contribution < -0.4 is 34.9 Å². The van der Waals surface area contributed by atoms with Crippen LogP contribution in [0.4, 0.5) is 0 Å². The maximum absolute atomic E-state index is 11.4. The first-order valence-corrected chi connectivity index (χ1v) is 9.73. The molecule has 0 aromatic rings. The molecule has 5 nitrogen and oxygen atoms in total. The molecule has 1 amide bonds. The van der Waals surface area contributed by atoms with Crippen molar-refractivity contribution in [3.63, 3.8) is 0 Å². The summed E-state index contributed by atoms with van der Waals surface area (Å²) < 4.78 is 31.3. The Hall–Kier alpha value is 0.120. The Bertz CT molecular complexity index is 445. The van der Waals surface area contributed by atoms with Crippen LogP contribution in [0.25, 0.3) is 0 Å². The molecular weight excluding hydrogens is 325 g/mol. The van der Waals surface area contributed by atoms with Gasteiger partial charge < -0.3 is 6.74 Å². The van der Waals surface area contributed by atoms with Crippen LogP contribution in [0.15, 0.2) is 12.7 Å². The molecule has 0 spiro atoms. The average Bonchev–Trinajstić information content (AvgIpc) is 2.39. The summed E-state index contributed by atoms with van der Waals surface area (Å²) in [6, 6.07) is 0. The number of amides is 1. The summed E-state index contributed by atoms with van der Waals surface area (Å²) in [4.78, 5) is 11.4. The van der Waals surface area contributed by atoms with E-state index in [0.29, 0.717) is 6.42 Å². The van der Waals surface area contributed by atoms with E-state index in [1.807, 2.05) is 0 Å². The molecule has 1 atom stereocenters. The van der Waals surface area contributed by atoms with Crippen molar-refractivity contribution in [1.82, 2.24) is 5.32 Å². The van der Waals surface area contributed by atoms with E-state index in [4.69, 9.17) is 4.55 Å². The first kappa shape index (κ1) is 25.4. The first-order chi connectivity index (χ1) is 10.2. The van der Waals surface area contributed by atoms with Crippen molar-refractivity contribution in [3.8, 4) is 0 Å². The zero-order valence-corrected chi connectivity index (χ0v) is 17.8. The van der Waals surface area contributed by atoms with Gasteiger partial charge in [0.15, 0.2) is 0 Å². The zero-order valence-electron chi connectivity index (χ0n) is 15.9. The van der Waals surface area contributed by atoms with Crippen LogP contribution in [0.5, 0.6) is 0 Å². The maximum Gasteiger partial charge on any atom is 1.00 e. The number of rotatable bonds is 13. The van der Waals surface area contributed by atoms with Crippen LogP contribution in [0, 0.1) is 0 Å². The number of carbonyl (C=O) groups is 1. The Labute approximate surface area is 165 Å². The molecular formula is C16H32NNaO4S. The first-order valence-electron chi connectivity index (χ1n) is 8.12. The topological polar surface area (TPSA) is 83.5 Å². The Morgan fingerprint density at radius 1 is 1.17 bits per heavy atom. The molecule has 0 aliphatic carbocycles. The summed E-state index contributed by atoms with van der Waals surface area (Å²) in [7, 11) is -4.14. The normalized spacial score (nSPS) is 13.7. The molecule has 2 N–H and O–H groups in total. The Morgan fingerprint density at radius 2 is 1.65 bits per heavy atom. The molecule has 23 heavy (non-hydrogen) atoms. The van der Waals surface area contributed by atoms with Gasteiger partial charge in [0.2, 0.25) is 5.91 Å². The van der Waals surface area contributed by atoms with E-state index >= 15 is 0 Å². The van der Waals surface area contributed by atoms with Gasteiger partial charge in [0, 0.05) is 0 Å². The van der Waals surface area contributed by atoms with Gasteiger partial charge in [-0.15, -0.1) is 0 Å². The summed E-state index contributed by atoms with van der Waals surface area (Å²) >= 11 is 0. The van der Waals surface area contributed by atoms with Crippen LogP contribution in [0.3, 0.4) is 0 Å². The van der Waals surface area contributed by atoms with Gasteiger partial charge in [-0.05, 0) is 19.4 Å². The van der Waals surface area contributed by atoms with Gasteiger partial charge in [-0.3, -0.25) is 9.35 Å². The second kappa shape index (κ2) is 13.4. The minimum absolute atomic E-state index is 0. The third kappa shape index (κ3) is 15.4. The third-order valence-electron chi connectivity index (χ3n) is 3.69. The van der Waals surface area contributed by atoms with Crippen molar-refractivity contribution in [1.29, 1.82) is 0 Å². The minimum Gasteiger partial charge on any atom is -1.00 e. The van der Waals surface area contributed by atoms with Crippen LogP contribution in [-0.2, 0) is 14.9 Å². The molecule has 0 heterocycles. The van der Waals surface area contributed by atoms with E-state index in [-0.39, 0.29) is 31.0 Å². The quantitative estimate of drug-likeness (QED) is 0.219. The van der Waals surface area contributed by atoms with E-state index in [2.05, 4.69) is 18.8 Å². The molecule has 0 saturated carbocycles. The molecule has 0 aliphatic rings. The van der Waals surface area contributed by atoms with E-state index in [9.17, 15) is 13.2 Å². The smallest absolute Gasteiger partial charge is 1.00 e. The summed E-state index contributed by atoms with van der Waals surface area (Å²) in [5, 5.41) is 2.62. The molecule has 0 aromatic heterocycles. The number of carbonyl (C=O) groups excluding carboxylic acids is 1. The predicted octanol–water partition coefficient (Wildman–Crippen LogP) is 0.582. The zero-order chi connectivity index (χ0) is 17.1. The van der Waals surface area contributed by atoms with Crippen molar-refractivity contribution in [2.75, 3.05) is 5.75 Å². The van der Waals surface area contributed by atoms with E-state index in [1.165, 1.54) is 32.1 Å². The fourth-order valence-corrected chi connectivity index (χ4v) is 3.59. The second-order valence-corrected chi connectivity index (χ2v) is 7.66. The van der Waals surface area contributed by atoms with Crippen LogP contribution in [0.1, 0.15) is 73.1 Å². The molecule has 0 aliphatic heterocycles. The van der Waals surface area contributed by atoms with Gasteiger partial charge in [0.1, 0.15) is 0 Å². The summed E-state index contributed by atoms with van der Waals surface area (Å²) in [6.45, 7) is 7.19. The van der Waals surface area contributed by atoms with E-state index in [0.717, 1.165) is 25.3 Å². The number of unbranched alkanes of at least 4 members (excludes halogenated alkanes) is 7. The summed E-state index contributed by atoms with van der Waals surface area (Å²) in [6.07, 6.45) is 10.8.